The zero-order valence-electron chi connectivity index (χ0n) is 18.6. The molecule has 1 aliphatic heterocycles. The minimum absolute atomic E-state index is 0.00523. The van der Waals surface area contributed by atoms with Gasteiger partial charge in [0.15, 0.2) is 5.13 Å². The number of ether oxygens (including phenoxy) is 1. The molecule has 3 aromatic carbocycles. The van der Waals surface area contributed by atoms with Crippen LogP contribution in [0, 0.1) is 5.92 Å². The molecule has 1 aliphatic rings. The van der Waals surface area contributed by atoms with Crippen molar-refractivity contribution in [2.24, 2.45) is 5.92 Å². The highest BCUT2D eigenvalue weighted by Crippen LogP contribution is 2.33. The Morgan fingerprint density at radius 1 is 1.00 bits per heavy atom. The Morgan fingerprint density at radius 3 is 2.24 bits per heavy atom. The minimum Gasteiger partial charge on any atom is -0.497 e. The molecule has 0 aliphatic carbocycles. The molecule has 1 fully saturated rings. The molecule has 5 nitrogen and oxygen atoms in total. The summed E-state index contributed by atoms with van der Waals surface area (Å²) in [6.07, 6.45) is 1.64. The van der Waals surface area contributed by atoms with E-state index in [-0.39, 0.29) is 17.9 Å². The Bertz CT molecular complexity index is 1180. The monoisotopic (exact) mass is 457 g/mol. The molecule has 1 amide bonds. The van der Waals surface area contributed by atoms with Crippen LogP contribution in [0.4, 0.5) is 5.13 Å². The molecule has 0 saturated carbocycles. The molecule has 0 unspecified atom stereocenters. The molecule has 0 spiro atoms. The van der Waals surface area contributed by atoms with Gasteiger partial charge in [0.1, 0.15) is 5.75 Å². The number of thiazole rings is 1. The summed E-state index contributed by atoms with van der Waals surface area (Å²) >= 11 is 1.68. The first-order valence-electron chi connectivity index (χ1n) is 11.3. The van der Waals surface area contributed by atoms with E-state index in [9.17, 15) is 4.79 Å². The maximum Gasteiger partial charge on any atom is 0.223 e. The quantitative estimate of drug-likeness (QED) is 0.420. The highest BCUT2D eigenvalue weighted by atomic mass is 32.1. The van der Waals surface area contributed by atoms with Gasteiger partial charge < -0.3 is 15.0 Å². The lowest BCUT2D eigenvalue weighted by molar-refractivity contribution is -0.126. The standard InChI is InChI=1S/C27H27N3O2S/c1-32-22-12-13-23-24(18-22)33-27(28-23)30-16-14-21(15-17-30)26(31)29-25(19-8-4-2-5-9-19)20-10-6-3-7-11-20/h2-13,18,21,25H,14-17H2,1H3,(H,29,31). The average molecular weight is 458 g/mol. The number of anilines is 1. The summed E-state index contributed by atoms with van der Waals surface area (Å²) in [6, 6.07) is 26.2. The second-order valence-corrected chi connectivity index (χ2v) is 9.36. The number of hydrogen-bond donors (Lipinski definition) is 1. The Hall–Kier alpha value is -3.38. The highest BCUT2D eigenvalue weighted by molar-refractivity contribution is 7.22. The molecule has 0 atom stereocenters. The van der Waals surface area contributed by atoms with Crippen molar-refractivity contribution in [3.05, 3.63) is 90.0 Å². The highest BCUT2D eigenvalue weighted by Gasteiger charge is 2.28. The first-order chi connectivity index (χ1) is 16.2. The number of amides is 1. The first-order valence-corrected chi connectivity index (χ1v) is 12.1. The van der Waals surface area contributed by atoms with Crippen LogP contribution in [0.1, 0.15) is 30.0 Å². The fourth-order valence-corrected chi connectivity index (χ4v) is 5.44. The lowest BCUT2D eigenvalue weighted by Crippen LogP contribution is -2.41. The molecule has 1 aromatic heterocycles. The molecule has 0 radical (unpaired) electrons. The van der Waals surface area contributed by atoms with Crippen molar-refractivity contribution in [2.75, 3.05) is 25.1 Å². The normalized spacial score (nSPS) is 14.5. The van der Waals surface area contributed by atoms with Crippen LogP contribution in [-0.4, -0.2) is 31.1 Å². The van der Waals surface area contributed by atoms with Gasteiger partial charge in [-0.05, 0) is 42.2 Å². The molecule has 0 bridgehead atoms. The summed E-state index contributed by atoms with van der Waals surface area (Å²) in [5.74, 6) is 0.978. The van der Waals surface area contributed by atoms with E-state index in [4.69, 9.17) is 9.72 Å². The van der Waals surface area contributed by atoms with Gasteiger partial charge >= 0.3 is 0 Å². The van der Waals surface area contributed by atoms with Crippen LogP contribution in [-0.2, 0) is 4.79 Å². The summed E-state index contributed by atoms with van der Waals surface area (Å²) in [5, 5.41) is 4.34. The number of methoxy groups -OCH3 is 1. The number of hydrogen-bond acceptors (Lipinski definition) is 5. The van der Waals surface area contributed by atoms with Crippen LogP contribution in [0.3, 0.4) is 0 Å². The van der Waals surface area contributed by atoms with Gasteiger partial charge in [-0.1, -0.05) is 72.0 Å². The van der Waals surface area contributed by atoms with Gasteiger partial charge in [0.2, 0.25) is 5.91 Å². The summed E-state index contributed by atoms with van der Waals surface area (Å²) in [7, 11) is 1.68. The van der Waals surface area contributed by atoms with Crippen molar-refractivity contribution in [1.29, 1.82) is 0 Å². The van der Waals surface area contributed by atoms with Crippen LogP contribution < -0.4 is 15.0 Å². The van der Waals surface area contributed by atoms with E-state index in [1.807, 2.05) is 54.6 Å². The number of nitrogens with one attached hydrogen (secondary N) is 1. The smallest absolute Gasteiger partial charge is 0.223 e. The summed E-state index contributed by atoms with van der Waals surface area (Å²) in [4.78, 5) is 20.3. The van der Waals surface area contributed by atoms with Gasteiger partial charge in [-0.25, -0.2) is 4.98 Å². The number of carbonyl (C=O) groups is 1. The van der Waals surface area contributed by atoms with Crippen molar-refractivity contribution >= 4 is 32.6 Å². The van der Waals surface area contributed by atoms with Crippen molar-refractivity contribution in [1.82, 2.24) is 10.3 Å². The first kappa shape index (κ1) is 21.5. The topological polar surface area (TPSA) is 54.5 Å². The molecule has 4 aromatic rings. The fraction of sp³-hybridized carbons (Fsp3) is 0.259. The molecule has 33 heavy (non-hydrogen) atoms. The van der Waals surface area contributed by atoms with Gasteiger partial charge in [-0.15, -0.1) is 0 Å². The molecule has 6 heteroatoms. The van der Waals surface area contributed by atoms with E-state index in [2.05, 4.69) is 34.5 Å². The molecular formula is C27H27N3O2S. The summed E-state index contributed by atoms with van der Waals surface area (Å²) < 4.78 is 6.46. The molecule has 1 N–H and O–H groups in total. The van der Waals surface area contributed by atoms with Crippen molar-refractivity contribution < 1.29 is 9.53 Å². The summed E-state index contributed by atoms with van der Waals surface area (Å²) in [6.45, 7) is 1.66. The lowest BCUT2D eigenvalue weighted by atomic mass is 9.93. The maximum absolute atomic E-state index is 13.3. The zero-order chi connectivity index (χ0) is 22.6. The number of piperidine rings is 1. The Balaban J connectivity index is 1.26. The van der Waals surface area contributed by atoms with Gasteiger partial charge in [0, 0.05) is 19.0 Å². The van der Waals surface area contributed by atoms with E-state index < -0.39 is 0 Å². The zero-order valence-corrected chi connectivity index (χ0v) is 19.4. The molecular weight excluding hydrogens is 430 g/mol. The third kappa shape index (κ3) is 4.71. The molecule has 2 heterocycles. The van der Waals surface area contributed by atoms with Crippen LogP contribution >= 0.6 is 11.3 Å². The lowest BCUT2D eigenvalue weighted by Gasteiger charge is -2.32. The van der Waals surface area contributed by atoms with E-state index in [1.165, 1.54) is 0 Å². The number of benzene rings is 3. The van der Waals surface area contributed by atoms with Crippen molar-refractivity contribution in [2.45, 2.75) is 18.9 Å². The van der Waals surface area contributed by atoms with Crippen LogP contribution in [0.2, 0.25) is 0 Å². The van der Waals surface area contributed by atoms with E-state index in [1.54, 1.807) is 18.4 Å². The number of fused-ring (bicyclic) bond motifs is 1. The molecule has 5 rings (SSSR count). The average Bonchev–Trinajstić information content (AvgIpc) is 3.31. The van der Waals surface area contributed by atoms with Crippen LogP contribution in [0.15, 0.2) is 78.9 Å². The Kier molecular flexibility index (Phi) is 6.26. The largest absolute Gasteiger partial charge is 0.497 e. The third-order valence-corrected chi connectivity index (χ3v) is 7.35. The second kappa shape index (κ2) is 9.63. The maximum atomic E-state index is 13.3. The third-order valence-electron chi connectivity index (χ3n) is 6.27. The predicted molar refractivity (Wildman–Crippen MR) is 134 cm³/mol. The minimum atomic E-state index is -0.142. The molecule has 168 valence electrons. The number of aromatic nitrogens is 1. The Morgan fingerprint density at radius 2 is 1.64 bits per heavy atom. The second-order valence-electron chi connectivity index (χ2n) is 8.35. The van der Waals surface area contributed by atoms with E-state index in [0.29, 0.717) is 0 Å². The van der Waals surface area contributed by atoms with E-state index >= 15 is 0 Å². The number of nitrogens with zero attached hydrogens (tertiary/aromatic N) is 2. The van der Waals surface area contributed by atoms with Crippen LogP contribution in [0.5, 0.6) is 5.75 Å². The van der Waals surface area contributed by atoms with Crippen molar-refractivity contribution in [3.8, 4) is 5.75 Å². The Labute approximate surface area is 198 Å². The fourth-order valence-electron chi connectivity index (χ4n) is 4.40. The van der Waals surface area contributed by atoms with E-state index in [0.717, 1.165) is 58.2 Å². The van der Waals surface area contributed by atoms with Gasteiger partial charge in [-0.3, -0.25) is 4.79 Å². The SMILES string of the molecule is COc1ccc2nc(N3CCC(C(=O)NC(c4ccccc4)c4ccccc4)CC3)sc2c1. The van der Waals surface area contributed by atoms with Gasteiger partial charge in [-0.2, -0.15) is 0 Å². The number of rotatable bonds is 6. The summed E-state index contributed by atoms with van der Waals surface area (Å²) in [5.41, 5.74) is 3.18. The number of carbonyl (C=O) groups excluding carboxylic acids is 1. The van der Waals surface area contributed by atoms with Crippen LogP contribution in [0.25, 0.3) is 10.2 Å². The van der Waals surface area contributed by atoms with Gasteiger partial charge in [0.25, 0.3) is 0 Å². The molecule has 1 saturated heterocycles. The predicted octanol–water partition coefficient (Wildman–Crippen LogP) is 5.43. The van der Waals surface area contributed by atoms with Crippen molar-refractivity contribution in [3.63, 3.8) is 0 Å². The van der Waals surface area contributed by atoms with Gasteiger partial charge in [0.05, 0.1) is 23.4 Å².